The summed E-state index contributed by atoms with van der Waals surface area (Å²) < 4.78 is 36.8. The molecule has 0 fully saturated rings. The highest BCUT2D eigenvalue weighted by Crippen LogP contribution is 2.52. The molecule has 5 aromatic carbocycles. The molecule has 0 unspecified atom stereocenters. The number of nitrogens with zero attached hydrogens (tertiary/aromatic N) is 3. The molecule has 1 aromatic heterocycles. The summed E-state index contributed by atoms with van der Waals surface area (Å²) in [5.74, 6) is -1.60. The third-order valence-electron chi connectivity index (χ3n) is 14.3. The Kier molecular flexibility index (Phi) is 14.1. The molecular formula is C59H68N3O7S+. The lowest BCUT2D eigenvalue weighted by molar-refractivity contribution is -0.437. The molecule has 0 saturated heterocycles. The van der Waals surface area contributed by atoms with E-state index in [4.69, 9.17) is 4.84 Å². The number of hydrogen-bond donors (Lipinski definition) is 3. The monoisotopic (exact) mass is 962 g/mol. The highest BCUT2D eigenvalue weighted by Gasteiger charge is 2.46. The van der Waals surface area contributed by atoms with Crippen LogP contribution in [0.2, 0.25) is 0 Å². The third kappa shape index (κ3) is 9.96. The van der Waals surface area contributed by atoms with E-state index in [9.17, 15) is 28.0 Å². The van der Waals surface area contributed by atoms with Crippen molar-refractivity contribution in [1.29, 1.82) is 0 Å². The van der Waals surface area contributed by atoms with E-state index in [2.05, 4.69) is 169 Å². The minimum atomic E-state index is -4.17. The zero-order chi connectivity index (χ0) is 50.3. The standard InChI is InChI=1S/C59H67N3O7S/c1-10-11-30-60-49-24-22-45-40(4)33-38(2)35-47(45)56(49)58(6,7)51(60)26-20-43(44-18-14-17-42(37-44)16-12-13-19-55(65)69-62-53(63)28-29-54(62)64)21-27-52-59(8,9)57-48-36-39(3)34-41(5)46(48)23-25-50(57)61(52)31-15-32-70(66,67)68/h14,17-18,20-29,33-37H,10-13,15-16,19,30-32H2,1-9H3,(H2-,63,64,66,67,68)/p+1. The second kappa shape index (κ2) is 19.8. The molecule has 0 bridgehead atoms. The van der Waals surface area contributed by atoms with Gasteiger partial charge >= 0.3 is 5.97 Å². The molecule has 11 heteroatoms. The van der Waals surface area contributed by atoms with Gasteiger partial charge in [0, 0.05) is 66.0 Å². The van der Waals surface area contributed by atoms with E-state index in [1.54, 1.807) is 0 Å². The predicted molar refractivity (Wildman–Crippen MR) is 285 cm³/mol. The molecule has 8 rings (SSSR count). The molecule has 6 aromatic rings. The number of aromatic nitrogens is 1. The largest absolute Gasteiger partial charge is 0.492 e. The first-order chi connectivity index (χ1) is 33.2. The molecule has 3 heterocycles. The van der Waals surface area contributed by atoms with Crippen LogP contribution >= 0.6 is 0 Å². The lowest BCUT2D eigenvalue weighted by Crippen LogP contribution is -2.28. The van der Waals surface area contributed by atoms with Crippen LogP contribution in [0.4, 0.5) is 11.4 Å². The number of allylic oxidation sites excluding steroid dienone is 6. The van der Waals surface area contributed by atoms with Crippen LogP contribution in [0.3, 0.4) is 0 Å². The van der Waals surface area contributed by atoms with Crippen molar-refractivity contribution in [3.05, 3.63) is 159 Å². The first-order valence-corrected chi connectivity index (χ1v) is 26.3. The maximum Gasteiger partial charge on any atom is 0.333 e. The number of unbranched alkanes of at least 4 members (excludes halogenated alkanes) is 2. The van der Waals surface area contributed by atoms with Crippen molar-refractivity contribution < 1.29 is 37.4 Å². The van der Waals surface area contributed by atoms with E-state index in [0.717, 1.165) is 47.5 Å². The van der Waals surface area contributed by atoms with E-state index >= 15 is 0 Å². The van der Waals surface area contributed by atoms with Gasteiger partial charge in [0.2, 0.25) is 17.4 Å². The smallest absolute Gasteiger partial charge is 0.333 e. The van der Waals surface area contributed by atoms with Crippen LogP contribution in [0, 0.1) is 27.7 Å². The maximum absolute atomic E-state index is 12.6. The molecule has 2 aliphatic heterocycles. The SMILES string of the molecule is CCCCN1C(=CC=C(C=CC2=[N+](CCCS(=O)(=O)O)c3ccc4c(C)cc(C)cc4c3C2(C)C)c2cccc(CCCCC(=O)On3c(O)ccc3O)c2)C(C)(C)c2c1ccc1c(C)cc(C)cc21. The number of carbonyl (C=O) groups is 1. The molecule has 0 spiro atoms. The average molecular weight is 963 g/mol. The number of rotatable bonds is 17. The summed E-state index contributed by atoms with van der Waals surface area (Å²) in [6, 6.07) is 29.0. The molecule has 3 N–H and O–H groups in total. The quantitative estimate of drug-likeness (QED) is 0.0356. The number of aryl methyl sites for hydroxylation is 5. The van der Waals surface area contributed by atoms with Gasteiger partial charge in [0.05, 0.1) is 11.2 Å². The van der Waals surface area contributed by atoms with Crippen molar-refractivity contribution in [2.75, 3.05) is 23.7 Å². The number of fused-ring (bicyclic) bond motifs is 6. The number of hydrogen-bond acceptors (Lipinski definition) is 7. The lowest BCUT2D eigenvalue weighted by Gasteiger charge is -2.27. The van der Waals surface area contributed by atoms with Gasteiger partial charge in [-0.15, -0.1) is 4.73 Å². The second-order valence-corrected chi connectivity index (χ2v) is 22.0. The summed E-state index contributed by atoms with van der Waals surface area (Å²) in [7, 11) is -4.17. The third-order valence-corrected chi connectivity index (χ3v) is 15.1. The summed E-state index contributed by atoms with van der Waals surface area (Å²) in [6.07, 6.45) is 13.4. The van der Waals surface area contributed by atoms with Gasteiger partial charge in [0.15, 0.2) is 5.71 Å². The van der Waals surface area contributed by atoms with Gasteiger partial charge in [-0.25, -0.2) is 4.79 Å². The van der Waals surface area contributed by atoms with Gasteiger partial charge in [-0.3, -0.25) is 4.55 Å². The number of carbonyl (C=O) groups excluding carboxylic acids is 1. The minimum absolute atomic E-state index is 0.116. The van der Waals surface area contributed by atoms with Crippen molar-refractivity contribution >= 4 is 60.3 Å². The Hall–Kier alpha value is -6.43. The molecule has 2 aliphatic rings. The van der Waals surface area contributed by atoms with Crippen molar-refractivity contribution in [3.8, 4) is 11.8 Å². The summed E-state index contributed by atoms with van der Waals surface area (Å²) in [5.41, 5.74) is 14.3. The summed E-state index contributed by atoms with van der Waals surface area (Å²) in [4.78, 5) is 20.3. The molecule has 0 saturated carbocycles. The number of aromatic hydroxyl groups is 2. The van der Waals surface area contributed by atoms with Gasteiger partial charge in [0.1, 0.15) is 6.54 Å². The minimum Gasteiger partial charge on any atom is -0.492 e. The van der Waals surface area contributed by atoms with Gasteiger partial charge in [-0.2, -0.15) is 13.0 Å². The maximum atomic E-state index is 12.6. The zero-order valence-electron chi connectivity index (χ0n) is 42.2. The molecular weight excluding hydrogens is 895 g/mol. The Morgan fingerprint density at radius 3 is 2.07 bits per heavy atom. The molecule has 0 amide bonds. The second-order valence-electron chi connectivity index (χ2n) is 20.4. The average Bonchev–Trinajstić information content (AvgIpc) is 3.81. The van der Waals surface area contributed by atoms with E-state index < -0.39 is 21.5 Å². The van der Waals surface area contributed by atoms with Crippen LogP contribution in [0.5, 0.6) is 11.8 Å². The fraction of sp³-hybridized carbons (Fsp3) is 0.356. The van der Waals surface area contributed by atoms with Crippen LogP contribution < -0.4 is 9.74 Å². The predicted octanol–water partition coefficient (Wildman–Crippen LogP) is 12.6. The van der Waals surface area contributed by atoms with Crippen molar-refractivity contribution in [2.45, 2.75) is 118 Å². The zero-order valence-corrected chi connectivity index (χ0v) is 43.0. The Morgan fingerprint density at radius 1 is 0.757 bits per heavy atom. The molecule has 0 radical (unpaired) electrons. The van der Waals surface area contributed by atoms with Crippen LogP contribution in [-0.4, -0.2) is 63.0 Å². The van der Waals surface area contributed by atoms with Gasteiger partial charge in [-0.05, 0) is 146 Å². The molecule has 0 aliphatic carbocycles. The molecule has 366 valence electrons. The molecule has 70 heavy (non-hydrogen) atoms. The highest BCUT2D eigenvalue weighted by atomic mass is 32.2. The fourth-order valence-electron chi connectivity index (χ4n) is 11.1. The Bertz CT molecular complexity index is 3260. The van der Waals surface area contributed by atoms with Gasteiger partial charge < -0.3 is 20.0 Å². The van der Waals surface area contributed by atoms with Gasteiger partial charge in [-0.1, -0.05) is 99.0 Å². The number of anilines is 1. The fourth-order valence-corrected chi connectivity index (χ4v) is 11.6. The van der Waals surface area contributed by atoms with Crippen molar-refractivity contribution in [2.24, 2.45) is 0 Å². The van der Waals surface area contributed by atoms with Gasteiger partial charge in [0.25, 0.3) is 10.1 Å². The van der Waals surface area contributed by atoms with Crippen LogP contribution in [-0.2, 0) is 32.2 Å². The number of benzene rings is 5. The van der Waals surface area contributed by atoms with E-state index in [1.807, 2.05) is 0 Å². The first-order valence-electron chi connectivity index (χ1n) is 24.7. The van der Waals surface area contributed by atoms with Crippen molar-refractivity contribution in [1.82, 2.24) is 4.73 Å². The summed E-state index contributed by atoms with van der Waals surface area (Å²) in [6.45, 7) is 21.3. The van der Waals surface area contributed by atoms with Crippen LogP contribution in [0.1, 0.15) is 118 Å². The van der Waals surface area contributed by atoms with E-state index in [1.165, 1.54) is 78.4 Å². The molecule has 0 atom stereocenters. The summed E-state index contributed by atoms with van der Waals surface area (Å²) in [5, 5.41) is 24.8. The van der Waals surface area contributed by atoms with E-state index in [-0.39, 0.29) is 35.8 Å². The lowest BCUT2D eigenvalue weighted by atomic mass is 9.78. The Labute approximate surface area is 413 Å². The summed E-state index contributed by atoms with van der Waals surface area (Å²) >= 11 is 0. The Morgan fingerprint density at radius 2 is 1.41 bits per heavy atom. The molecule has 10 nitrogen and oxygen atoms in total. The van der Waals surface area contributed by atoms with Crippen molar-refractivity contribution in [3.63, 3.8) is 0 Å². The van der Waals surface area contributed by atoms with Crippen LogP contribution in [0.15, 0.2) is 115 Å². The topological polar surface area (TPSA) is 132 Å². The van der Waals surface area contributed by atoms with Crippen LogP contribution in [0.25, 0.3) is 27.1 Å². The van der Waals surface area contributed by atoms with E-state index in [0.29, 0.717) is 30.5 Å². The normalized spacial score (nSPS) is 16.1. The first kappa shape index (κ1) is 50.0. The highest BCUT2D eigenvalue weighted by molar-refractivity contribution is 7.85. The Balaban J connectivity index is 1.22.